The summed E-state index contributed by atoms with van der Waals surface area (Å²) in [6.45, 7) is 12.4. The number of amides is 5. The van der Waals surface area contributed by atoms with Gasteiger partial charge in [0, 0.05) is 33.9 Å². The van der Waals surface area contributed by atoms with Gasteiger partial charge < -0.3 is 26.2 Å². The summed E-state index contributed by atoms with van der Waals surface area (Å²) >= 11 is 0. The van der Waals surface area contributed by atoms with Crippen LogP contribution in [0.2, 0.25) is 0 Å². The zero-order valence-electron chi connectivity index (χ0n) is 32.1. The van der Waals surface area contributed by atoms with Crippen LogP contribution < -0.4 is 21.3 Å². The molecule has 4 N–H and O–H groups in total. The van der Waals surface area contributed by atoms with Gasteiger partial charge in [-0.15, -0.1) is 0 Å². The molecule has 51 heavy (non-hydrogen) atoms. The topological polar surface area (TPSA) is 154 Å². The Bertz CT molecular complexity index is 1330. The van der Waals surface area contributed by atoms with Crippen LogP contribution in [-0.2, 0) is 30.0 Å². The monoisotopic (exact) mass is 731 g/mol. The standard InChI is InChI=1S/C39H65N5O6S/c1-25(2)28-17-22-44(30(28)33(46)41-29(23-26-13-14-26)31(45)34(47)40-27-15-16-27)35(48)32(38(6)18-9-7-10-19-38)42-36(49)43-39(20-11-8-12-21-39)24-51(50)37(3,4)5/h25-30,32H,7-24H2,1-6H3,(H,40,47)(H,41,46)(H2,42,43,49)/t28-,29?,30+,32-,51?/m1/s1. The summed E-state index contributed by atoms with van der Waals surface area (Å²) in [5.74, 6) is -1.34. The van der Waals surface area contributed by atoms with Crippen molar-refractivity contribution in [1.82, 2.24) is 26.2 Å². The van der Waals surface area contributed by atoms with E-state index in [0.717, 1.165) is 89.9 Å². The lowest BCUT2D eigenvalue weighted by atomic mass is 9.70. The Kier molecular flexibility index (Phi) is 12.7. The largest absolute Gasteiger partial charge is 0.347 e. The Balaban J connectivity index is 1.38. The Morgan fingerprint density at radius 3 is 2.00 bits per heavy atom. The van der Waals surface area contributed by atoms with Crippen molar-refractivity contribution < 1.29 is 28.2 Å². The molecule has 5 rings (SSSR count). The predicted octanol–water partition coefficient (Wildman–Crippen LogP) is 4.88. The molecule has 0 aromatic heterocycles. The van der Waals surface area contributed by atoms with Crippen LogP contribution in [0.15, 0.2) is 0 Å². The van der Waals surface area contributed by atoms with Crippen LogP contribution in [0.5, 0.6) is 0 Å². The number of carbonyl (C=O) groups excluding carboxylic acids is 5. The molecule has 1 aliphatic heterocycles. The van der Waals surface area contributed by atoms with E-state index in [1.807, 2.05) is 34.6 Å². The number of carbonyl (C=O) groups is 5. The molecule has 12 heteroatoms. The molecule has 11 nitrogen and oxygen atoms in total. The van der Waals surface area contributed by atoms with Gasteiger partial charge in [-0.25, -0.2) is 4.79 Å². The zero-order chi connectivity index (χ0) is 37.1. The molecular weight excluding hydrogens is 667 g/mol. The molecule has 0 bridgehead atoms. The summed E-state index contributed by atoms with van der Waals surface area (Å²) in [7, 11) is -1.17. The molecule has 4 aliphatic carbocycles. The fourth-order valence-electron chi connectivity index (χ4n) is 8.67. The molecule has 0 radical (unpaired) electrons. The molecule has 5 aliphatic rings. The van der Waals surface area contributed by atoms with Gasteiger partial charge in [0.25, 0.3) is 5.91 Å². The Hall–Kier alpha value is -2.50. The number of nitrogens with zero attached hydrogens (tertiary/aromatic N) is 1. The molecule has 1 saturated heterocycles. The highest BCUT2D eigenvalue weighted by atomic mass is 32.2. The Labute approximate surface area is 308 Å². The number of urea groups is 1. The fourth-order valence-corrected chi connectivity index (χ4v) is 9.97. The molecule has 5 fully saturated rings. The van der Waals surface area contributed by atoms with Crippen molar-refractivity contribution in [2.75, 3.05) is 12.3 Å². The smallest absolute Gasteiger partial charge is 0.315 e. The van der Waals surface area contributed by atoms with Crippen LogP contribution in [0, 0.1) is 23.2 Å². The molecular formula is C39H65N5O6S. The van der Waals surface area contributed by atoms with E-state index in [2.05, 4.69) is 28.2 Å². The number of hydrogen-bond acceptors (Lipinski definition) is 6. The number of hydrogen-bond donors (Lipinski definition) is 4. The molecule has 5 amide bonds. The van der Waals surface area contributed by atoms with E-state index in [0.29, 0.717) is 31.1 Å². The maximum Gasteiger partial charge on any atom is 0.315 e. The molecule has 0 aromatic rings. The number of ketones is 1. The maximum atomic E-state index is 14.9. The quantitative estimate of drug-likeness (QED) is 0.187. The van der Waals surface area contributed by atoms with Gasteiger partial charge in [0.05, 0.1) is 11.6 Å². The molecule has 4 saturated carbocycles. The minimum atomic E-state index is -1.17. The third-order valence-electron chi connectivity index (χ3n) is 12.4. The van der Waals surface area contributed by atoms with Gasteiger partial charge in [-0.3, -0.25) is 23.4 Å². The number of nitrogens with one attached hydrogen (secondary N) is 4. The van der Waals surface area contributed by atoms with Crippen molar-refractivity contribution in [2.24, 2.45) is 23.2 Å². The van der Waals surface area contributed by atoms with E-state index < -0.39 is 68.3 Å². The van der Waals surface area contributed by atoms with Gasteiger partial charge >= 0.3 is 6.03 Å². The van der Waals surface area contributed by atoms with Crippen molar-refractivity contribution in [3.8, 4) is 0 Å². The third-order valence-corrected chi connectivity index (χ3v) is 14.6. The van der Waals surface area contributed by atoms with Gasteiger partial charge in [-0.1, -0.05) is 72.1 Å². The van der Waals surface area contributed by atoms with Crippen molar-refractivity contribution in [3.05, 3.63) is 0 Å². The zero-order valence-corrected chi connectivity index (χ0v) is 32.9. The van der Waals surface area contributed by atoms with Gasteiger partial charge in [-0.2, -0.15) is 0 Å². The first-order valence-corrected chi connectivity index (χ1v) is 21.3. The normalized spacial score (nSPS) is 26.5. The van der Waals surface area contributed by atoms with Crippen LogP contribution in [0.4, 0.5) is 4.79 Å². The van der Waals surface area contributed by atoms with Crippen molar-refractivity contribution >= 4 is 40.3 Å². The van der Waals surface area contributed by atoms with Gasteiger partial charge in [-0.05, 0) is 95.3 Å². The second-order valence-electron chi connectivity index (χ2n) is 18.2. The lowest BCUT2D eigenvalue weighted by molar-refractivity contribution is -0.145. The summed E-state index contributed by atoms with van der Waals surface area (Å²) in [6.07, 6.45) is 13.6. The van der Waals surface area contributed by atoms with Crippen LogP contribution in [0.1, 0.15) is 144 Å². The highest BCUT2D eigenvalue weighted by Crippen LogP contribution is 2.42. The van der Waals surface area contributed by atoms with E-state index in [9.17, 15) is 28.2 Å². The Morgan fingerprint density at radius 2 is 1.45 bits per heavy atom. The van der Waals surface area contributed by atoms with E-state index in [1.54, 1.807) is 4.90 Å². The van der Waals surface area contributed by atoms with E-state index in [1.165, 1.54) is 0 Å². The maximum absolute atomic E-state index is 14.9. The minimum Gasteiger partial charge on any atom is -0.347 e. The van der Waals surface area contributed by atoms with E-state index in [-0.39, 0.29) is 23.8 Å². The van der Waals surface area contributed by atoms with Crippen molar-refractivity contribution in [2.45, 2.75) is 179 Å². The summed E-state index contributed by atoms with van der Waals surface area (Å²) in [5.41, 5.74) is -1.13. The lowest BCUT2D eigenvalue weighted by Crippen LogP contribution is -2.64. The summed E-state index contributed by atoms with van der Waals surface area (Å²) in [5, 5.41) is 12.1. The first kappa shape index (κ1) is 39.7. The number of likely N-dealkylation sites (tertiary alicyclic amines) is 1. The van der Waals surface area contributed by atoms with Crippen LogP contribution in [0.3, 0.4) is 0 Å². The van der Waals surface area contributed by atoms with Crippen LogP contribution in [-0.4, -0.2) is 85.4 Å². The van der Waals surface area contributed by atoms with E-state index in [4.69, 9.17) is 0 Å². The Morgan fingerprint density at radius 1 is 0.843 bits per heavy atom. The molecule has 5 atom stereocenters. The van der Waals surface area contributed by atoms with Gasteiger partial charge in [0.1, 0.15) is 12.1 Å². The molecule has 0 aromatic carbocycles. The highest BCUT2D eigenvalue weighted by molar-refractivity contribution is 7.86. The molecule has 288 valence electrons. The third kappa shape index (κ3) is 10.1. The van der Waals surface area contributed by atoms with Crippen LogP contribution >= 0.6 is 0 Å². The van der Waals surface area contributed by atoms with Crippen LogP contribution in [0.25, 0.3) is 0 Å². The average Bonchev–Trinajstić information content (AvgIpc) is 4.01. The van der Waals surface area contributed by atoms with Crippen molar-refractivity contribution in [3.63, 3.8) is 0 Å². The second kappa shape index (κ2) is 16.3. The molecule has 0 spiro atoms. The predicted molar refractivity (Wildman–Crippen MR) is 199 cm³/mol. The minimum absolute atomic E-state index is 0.0309. The average molecular weight is 732 g/mol. The molecule has 1 heterocycles. The SMILES string of the molecule is CC(C)[C@H]1CCN(C(=O)[C@@H](NC(=O)NC2(CS(=O)C(C)(C)C)CCCCC2)C2(C)CCCCC2)[C@@H]1C(=O)NC(CC1CC1)C(=O)C(=O)NC1CC1. The summed E-state index contributed by atoms with van der Waals surface area (Å²) < 4.78 is 13.0. The van der Waals surface area contributed by atoms with Crippen molar-refractivity contribution in [1.29, 1.82) is 0 Å². The molecule has 2 unspecified atom stereocenters. The number of Topliss-reactive ketones (excluding diaryl/α,β-unsaturated/α-hetero) is 1. The summed E-state index contributed by atoms with van der Waals surface area (Å²) in [6, 6.07) is -3.01. The fraction of sp³-hybridized carbons (Fsp3) is 0.872. The lowest BCUT2D eigenvalue weighted by Gasteiger charge is -2.44. The summed E-state index contributed by atoms with van der Waals surface area (Å²) in [4.78, 5) is 71.1. The second-order valence-corrected chi connectivity index (χ2v) is 20.4. The number of rotatable bonds is 14. The van der Waals surface area contributed by atoms with Gasteiger partial charge in [0.15, 0.2) is 0 Å². The first-order valence-electron chi connectivity index (χ1n) is 19.9. The first-order chi connectivity index (χ1) is 24.0. The van der Waals surface area contributed by atoms with E-state index >= 15 is 0 Å². The van der Waals surface area contributed by atoms with Gasteiger partial charge in [0.2, 0.25) is 17.6 Å². The highest BCUT2D eigenvalue weighted by Gasteiger charge is 2.50.